The molecule has 0 saturated carbocycles. The summed E-state index contributed by atoms with van der Waals surface area (Å²) in [5.41, 5.74) is -1.42. The Bertz CT molecular complexity index is 1220. The normalized spacial score (nSPS) is 16.2. The van der Waals surface area contributed by atoms with E-state index < -0.39 is 39.8 Å². The van der Waals surface area contributed by atoms with Crippen molar-refractivity contribution in [3.8, 4) is 5.75 Å². The Labute approximate surface area is 173 Å². The lowest BCUT2D eigenvalue weighted by Gasteiger charge is -2.28. The zero-order chi connectivity index (χ0) is 21.1. The summed E-state index contributed by atoms with van der Waals surface area (Å²) >= 11 is 4.62. The van der Waals surface area contributed by atoms with E-state index in [9.17, 15) is 33.0 Å². The van der Waals surface area contributed by atoms with Gasteiger partial charge in [0.15, 0.2) is 5.56 Å². The summed E-state index contributed by atoms with van der Waals surface area (Å²) in [6.45, 7) is 0.0510. The fourth-order valence-electron chi connectivity index (χ4n) is 3.38. The van der Waals surface area contributed by atoms with E-state index in [0.29, 0.717) is 20.4 Å². The number of aromatic carboxylic acids is 1. The fourth-order valence-corrected chi connectivity index (χ4v) is 5.18. The van der Waals surface area contributed by atoms with Crippen molar-refractivity contribution in [3.05, 3.63) is 67.9 Å². The van der Waals surface area contributed by atoms with Crippen LogP contribution in [-0.4, -0.2) is 20.7 Å². The van der Waals surface area contributed by atoms with Crippen LogP contribution in [0.3, 0.4) is 0 Å². The molecule has 2 aromatic carbocycles. The predicted octanol–water partition coefficient (Wildman–Crippen LogP) is 5.03. The number of alkyl halides is 3. The van der Waals surface area contributed by atoms with E-state index in [2.05, 4.69) is 15.9 Å². The van der Waals surface area contributed by atoms with Crippen LogP contribution in [-0.2, 0) is 12.7 Å². The second kappa shape index (κ2) is 6.81. The number of hydrogen-bond acceptors (Lipinski definition) is 4. The highest BCUT2D eigenvalue weighted by Gasteiger charge is 2.32. The van der Waals surface area contributed by atoms with E-state index in [0.717, 1.165) is 12.1 Å². The molecule has 0 aliphatic carbocycles. The topological polar surface area (TPSA) is 79.5 Å². The monoisotopic (exact) mass is 485 g/mol. The molecule has 150 valence electrons. The van der Waals surface area contributed by atoms with Gasteiger partial charge >= 0.3 is 12.1 Å². The number of benzene rings is 2. The van der Waals surface area contributed by atoms with Gasteiger partial charge in [0.25, 0.3) is 5.56 Å². The van der Waals surface area contributed by atoms with E-state index in [4.69, 9.17) is 0 Å². The lowest BCUT2D eigenvalue weighted by Crippen LogP contribution is -2.30. The first-order valence-electron chi connectivity index (χ1n) is 8.24. The molecule has 0 saturated heterocycles. The van der Waals surface area contributed by atoms with Crippen LogP contribution in [0.25, 0.3) is 10.9 Å². The highest BCUT2D eigenvalue weighted by atomic mass is 79.9. The van der Waals surface area contributed by atoms with E-state index in [1.54, 1.807) is 12.1 Å². The molecule has 3 aromatic rings. The second-order valence-corrected chi connectivity index (χ2v) is 8.54. The molecule has 0 radical (unpaired) electrons. The Balaban J connectivity index is 1.88. The van der Waals surface area contributed by atoms with Crippen molar-refractivity contribution in [2.75, 3.05) is 0 Å². The molecule has 2 heterocycles. The summed E-state index contributed by atoms with van der Waals surface area (Å²) in [7, 11) is 0. The highest BCUT2D eigenvalue weighted by Crippen LogP contribution is 2.47. The molecule has 10 heteroatoms. The van der Waals surface area contributed by atoms with Gasteiger partial charge in [0, 0.05) is 15.9 Å². The number of thioether (sulfide) groups is 1. The molecular weight excluding hydrogens is 475 g/mol. The number of rotatable bonds is 2. The maximum absolute atomic E-state index is 12.8. The number of carboxylic acid groups (broad SMARTS) is 1. The van der Waals surface area contributed by atoms with Gasteiger partial charge in [0.2, 0.25) is 0 Å². The third-order valence-electron chi connectivity index (χ3n) is 4.73. The molecule has 0 fully saturated rings. The minimum absolute atomic E-state index is 0.0510. The van der Waals surface area contributed by atoms with Crippen molar-refractivity contribution in [3.63, 3.8) is 0 Å². The number of aromatic hydroxyl groups is 1. The summed E-state index contributed by atoms with van der Waals surface area (Å²) in [6, 6.07) is 8.00. The van der Waals surface area contributed by atoms with Crippen LogP contribution in [0, 0.1) is 0 Å². The van der Waals surface area contributed by atoms with E-state index >= 15 is 0 Å². The zero-order valence-electron chi connectivity index (χ0n) is 14.3. The molecule has 0 amide bonds. The first kappa shape index (κ1) is 19.8. The second-order valence-electron chi connectivity index (χ2n) is 6.44. The summed E-state index contributed by atoms with van der Waals surface area (Å²) in [4.78, 5) is 25.0. The molecule has 5 nitrogen and oxygen atoms in total. The van der Waals surface area contributed by atoms with Gasteiger partial charge in [-0.2, -0.15) is 13.2 Å². The number of aromatic nitrogens is 1. The zero-order valence-corrected chi connectivity index (χ0v) is 16.7. The molecule has 1 aromatic heterocycles. The van der Waals surface area contributed by atoms with Crippen molar-refractivity contribution in [1.82, 2.24) is 4.57 Å². The van der Waals surface area contributed by atoms with Gasteiger partial charge in [0.1, 0.15) is 5.75 Å². The maximum atomic E-state index is 12.8. The highest BCUT2D eigenvalue weighted by molar-refractivity contribution is 9.10. The number of pyridine rings is 1. The number of nitrogens with zero attached hydrogens (tertiary/aromatic N) is 1. The summed E-state index contributed by atoms with van der Waals surface area (Å²) in [5, 5.41) is 19.6. The van der Waals surface area contributed by atoms with Gasteiger partial charge in [-0.15, -0.1) is 11.8 Å². The smallest absolute Gasteiger partial charge is 0.416 e. The average Bonchev–Trinajstić information content (AvgIpc) is 2.65. The van der Waals surface area contributed by atoms with Crippen molar-refractivity contribution in [2.24, 2.45) is 0 Å². The summed E-state index contributed by atoms with van der Waals surface area (Å²) in [6.07, 6.45) is -4.45. The number of carbonyl (C=O) groups is 1. The Morgan fingerprint density at radius 2 is 1.83 bits per heavy atom. The number of halogens is 4. The molecule has 1 aliphatic rings. The van der Waals surface area contributed by atoms with E-state index in [1.165, 1.54) is 28.5 Å². The Kier molecular flexibility index (Phi) is 4.66. The Morgan fingerprint density at radius 3 is 2.41 bits per heavy atom. The average molecular weight is 486 g/mol. The molecule has 2 N–H and O–H groups in total. The molecule has 0 spiro atoms. The van der Waals surface area contributed by atoms with Gasteiger partial charge in [-0.05, 0) is 45.8 Å². The first-order chi connectivity index (χ1) is 13.6. The van der Waals surface area contributed by atoms with Crippen LogP contribution in [0.4, 0.5) is 13.2 Å². The lowest BCUT2D eigenvalue weighted by molar-refractivity contribution is -0.137. The Hall–Kier alpha value is -2.46. The van der Waals surface area contributed by atoms with E-state index in [-0.39, 0.29) is 11.9 Å². The van der Waals surface area contributed by atoms with Gasteiger partial charge < -0.3 is 14.8 Å². The summed E-state index contributed by atoms with van der Waals surface area (Å²) in [5.74, 6) is -2.17. The lowest BCUT2D eigenvalue weighted by atomic mass is 10.1. The van der Waals surface area contributed by atoms with Crippen molar-refractivity contribution in [2.45, 2.75) is 22.9 Å². The number of hydrogen-bond donors (Lipinski definition) is 2. The van der Waals surface area contributed by atoms with Crippen LogP contribution in [0.5, 0.6) is 5.75 Å². The maximum Gasteiger partial charge on any atom is 0.416 e. The van der Waals surface area contributed by atoms with Crippen LogP contribution >= 0.6 is 27.7 Å². The predicted molar refractivity (Wildman–Crippen MR) is 105 cm³/mol. The molecule has 29 heavy (non-hydrogen) atoms. The number of carboxylic acids is 1. The van der Waals surface area contributed by atoms with Crippen LogP contribution in [0.2, 0.25) is 0 Å². The van der Waals surface area contributed by atoms with Gasteiger partial charge in [-0.25, -0.2) is 4.79 Å². The SMILES string of the molecule is O=C(O)c1c(O)c2c(Br)ccc3c2n(c1=O)CC(c1ccc(C(F)(F)F)cc1)S3. The molecule has 1 aliphatic heterocycles. The molecular formula is C19H11BrF3NO4S. The first-order valence-corrected chi connectivity index (χ1v) is 9.92. The Morgan fingerprint density at radius 1 is 1.17 bits per heavy atom. The standard InChI is InChI=1S/C19H11BrF3NO4S/c20-10-5-6-11-15-13(10)16(25)14(18(27)28)17(26)24(15)7-12(29-11)8-1-3-9(4-2-8)19(21,22)23/h1-6,12,25H,7H2,(H,27,28). The van der Waals surface area contributed by atoms with Crippen LogP contribution in [0.15, 0.2) is 50.6 Å². The summed E-state index contributed by atoms with van der Waals surface area (Å²) < 4.78 is 40.2. The minimum Gasteiger partial charge on any atom is -0.506 e. The molecule has 0 bridgehead atoms. The molecule has 4 rings (SSSR count). The van der Waals surface area contributed by atoms with E-state index in [1.807, 2.05) is 0 Å². The largest absolute Gasteiger partial charge is 0.506 e. The van der Waals surface area contributed by atoms with Crippen molar-refractivity contribution < 1.29 is 28.2 Å². The fraction of sp³-hybridized carbons (Fsp3) is 0.158. The van der Waals surface area contributed by atoms with Crippen molar-refractivity contribution >= 4 is 44.6 Å². The molecule has 1 atom stereocenters. The van der Waals surface area contributed by atoms with Crippen LogP contribution < -0.4 is 5.56 Å². The van der Waals surface area contributed by atoms with Gasteiger partial charge in [-0.1, -0.05) is 12.1 Å². The van der Waals surface area contributed by atoms with Crippen LogP contribution in [0.1, 0.15) is 26.7 Å². The van der Waals surface area contributed by atoms with Gasteiger partial charge in [-0.3, -0.25) is 4.79 Å². The minimum atomic E-state index is -4.45. The van der Waals surface area contributed by atoms with Crippen molar-refractivity contribution in [1.29, 1.82) is 0 Å². The quantitative estimate of drug-likeness (QED) is 0.531. The third kappa shape index (κ3) is 3.20. The van der Waals surface area contributed by atoms with Gasteiger partial charge in [0.05, 0.1) is 21.7 Å². The molecule has 1 unspecified atom stereocenters. The third-order valence-corrected chi connectivity index (χ3v) is 6.68.